The Kier molecular flexibility index (Phi) is 6.91. The first kappa shape index (κ1) is 24.8. The predicted octanol–water partition coefficient (Wildman–Crippen LogP) is 5.79. The van der Waals surface area contributed by atoms with Crippen molar-refractivity contribution in [3.63, 3.8) is 0 Å². The molecule has 0 unspecified atom stereocenters. The van der Waals surface area contributed by atoms with Crippen LogP contribution in [0.4, 0.5) is 10.5 Å². The van der Waals surface area contributed by atoms with Crippen molar-refractivity contribution in [2.24, 2.45) is 0 Å². The Morgan fingerprint density at radius 1 is 0.842 bits per heavy atom. The number of anilines is 1. The number of amides is 4. The normalized spacial score (nSPS) is 14.6. The SMILES string of the molecule is CCOc1cc(/C=C2\C(=O)NC(=O)N(c3ccccc3C)C2=O)ccc1OCc1cccc2ccccc12. The Balaban J connectivity index is 1.43. The lowest BCUT2D eigenvalue weighted by molar-refractivity contribution is -0.122. The highest BCUT2D eigenvalue weighted by atomic mass is 16.5. The van der Waals surface area contributed by atoms with Crippen LogP contribution in [0, 0.1) is 6.92 Å². The Bertz CT molecular complexity index is 1590. The Hall–Kier alpha value is -4.91. The third-order valence-electron chi connectivity index (χ3n) is 6.30. The van der Waals surface area contributed by atoms with E-state index in [-0.39, 0.29) is 5.57 Å². The second-order valence-corrected chi connectivity index (χ2v) is 8.81. The minimum atomic E-state index is -0.779. The summed E-state index contributed by atoms with van der Waals surface area (Å²) >= 11 is 0. The number of ether oxygens (including phenoxy) is 2. The lowest BCUT2D eigenvalue weighted by atomic mass is 10.0. The molecule has 1 fully saturated rings. The van der Waals surface area contributed by atoms with Crippen molar-refractivity contribution in [2.75, 3.05) is 11.5 Å². The van der Waals surface area contributed by atoms with Crippen molar-refractivity contribution in [3.8, 4) is 11.5 Å². The number of hydrogen-bond donors (Lipinski definition) is 1. The van der Waals surface area contributed by atoms with E-state index in [0.717, 1.165) is 26.8 Å². The maximum Gasteiger partial charge on any atom is 0.335 e. The highest BCUT2D eigenvalue weighted by Crippen LogP contribution is 2.32. The molecule has 0 atom stereocenters. The van der Waals surface area contributed by atoms with Gasteiger partial charge in [-0.2, -0.15) is 0 Å². The predicted molar refractivity (Wildman–Crippen MR) is 146 cm³/mol. The van der Waals surface area contributed by atoms with Gasteiger partial charge in [0, 0.05) is 0 Å². The zero-order valence-corrected chi connectivity index (χ0v) is 21.1. The second-order valence-electron chi connectivity index (χ2n) is 8.81. The number of aryl methyl sites for hydroxylation is 1. The van der Waals surface area contributed by atoms with E-state index in [1.807, 2.05) is 37.3 Å². The third kappa shape index (κ3) is 4.86. The Morgan fingerprint density at radius 3 is 2.42 bits per heavy atom. The molecule has 0 aliphatic carbocycles. The quantitative estimate of drug-likeness (QED) is 0.253. The molecule has 38 heavy (non-hydrogen) atoms. The number of imide groups is 2. The molecule has 0 radical (unpaired) electrons. The van der Waals surface area contributed by atoms with Gasteiger partial charge < -0.3 is 9.47 Å². The fourth-order valence-corrected chi connectivity index (χ4v) is 4.43. The van der Waals surface area contributed by atoms with Crippen LogP contribution in [0.25, 0.3) is 16.8 Å². The molecule has 1 aliphatic rings. The number of carbonyl (C=O) groups is 3. The van der Waals surface area contributed by atoms with Crippen LogP contribution in [0.2, 0.25) is 0 Å². The molecule has 1 saturated heterocycles. The minimum absolute atomic E-state index is 0.153. The lowest BCUT2D eigenvalue weighted by Crippen LogP contribution is -2.54. The van der Waals surface area contributed by atoms with Crippen LogP contribution in [-0.4, -0.2) is 24.5 Å². The maximum absolute atomic E-state index is 13.3. The maximum atomic E-state index is 13.3. The Morgan fingerprint density at radius 2 is 1.61 bits per heavy atom. The van der Waals surface area contributed by atoms with Gasteiger partial charge in [0.25, 0.3) is 11.8 Å². The summed E-state index contributed by atoms with van der Waals surface area (Å²) in [5, 5.41) is 4.51. The van der Waals surface area contributed by atoms with Crippen LogP contribution in [0.15, 0.2) is 90.5 Å². The molecule has 1 aliphatic heterocycles. The Labute approximate surface area is 220 Å². The van der Waals surface area contributed by atoms with Crippen LogP contribution in [0.1, 0.15) is 23.6 Å². The summed E-state index contributed by atoms with van der Waals surface area (Å²) in [5.74, 6) is -0.419. The number of barbiturate groups is 1. The van der Waals surface area contributed by atoms with Gasteiger partial charge in [0.05, 0.1) is 12.3 Å². The standard InChI is InChI=1S/C31H26N2O5/c1-3-37-28-18-21(15-16-27(28)38-19-23-12-8-11-22-10-5-6-13-24(22)23)17-25-29(34)32-31(36)33(30(25)35)26-14-7-4-9-20(26)2/h4-18H,3,19H2,1-2H3,(H,32,34,36)/b25-17+. The number of benzene rings is 4. The fraction of sp³-hybridized carbons (Fsp3) is 0.129. The van der Waals surface area contributed by atoms with Gasteiger partial charge >= 0.3 is 6.03 Å². The average molecular weight is 507 g/mol. The fourth-order valence-electron chi connectivity index (χ4n) is 4.43. The molecule has 190 valence electrons. The number of nitrogens with one attached hydrogen (secondary N) is 1. The molecular weight excluding hydrogens is 480 g/mol. The topological polar surface area (TPSA) is 84.9 Å². The summed E-state index contributed by atoms with van der Waals surface area (Å²) in [6, 6.07) is 25.6. The molecule has 4 aromatic carbocycles. The van der Waals surface area contributed by atoms with E-state index in [9.17, 15) is 14.4 Å². The zero-order valence-electron chi connectivity index (χ0n) is 21.1. The zero-order chi connectivity index (χ0) is 26.6. The van der Waals surface area contributed by atoms with Crippen LogP contribution in [0.3, 0.4) is 0 Å². The second kappa shape index (κ2) is 10.6. The van der Waals surface area contributed by atoms with Crippen LogP contribution in [-0.2, 0) is 16.2 Å². The number of rotatable bonds is 7. The van der Waals surface area contributed by atoms with Crippen LogP contribution < -0.4 is 19.7 Å². The molecular formula is C31H26N2O5. The number of carbonyl (C=O) groups excluding carboxylic acids is 3. The number of fused-ring (bicyclic) bond motifs is 1. The summed E-state index contributed by atoms with van der Waals surface area (Å²) in [5.41, 5.74) is 2.60. The van der Waals surface area contributed by atoms with Crippen molar-refractivity contribution in [2.45, 2.75) is 20.5 Å². The van der Waals surface area contributed by atoms with Gasteiger partial charge in [-0.25, -0.2) is 9.69 Å². The molecule has 1 heterocycles. The van der Waals surface area contributed by atoms with Crippen molar-refractivity contribution in [1.29, 1.82) is 0 Å². The largest absolute Gasteiger partial charge is 0.490 e. The van der Waals surface area contributed by atoms with Gasteiger partial charge in [-0.3, -0.25) is 14.9 Å². The summed E-state index contributed by atoms with van der Waals surface area (Å²) in [7, 11) is 0. The molecule has 4 aromatic rings. The summed E-state index contributed by atoms with van der Waals surface area (Å²) in [6.45, 7) is 4.40. The number of para-hydroxylation sites is 1. The first-order valence-corrected chi connectivity index (χ1v) is 12.3. The summed E-state index contributed by atoms with van der Waals surface area (Å²) in [4.78, 5) is 39.4. The minimum Gasteiger partial charge on any atom is -0.490 e. The van der Waals surface area contributed by atoms with Crippen molar-refractivity contribution < 1.29 is 23.9 Å². The molecule has 0 spiro atoms. The van der Waals surface area contributed by atoms with Gasteiger partial charge in [0.2, 0.25) is 0 Å². The van der Waals surface area contributed by atoms with Crippen LogP contribution >= 0.6 is 0 Å². The lowest BCUT2D eigenvalue weighted by Gasteiger charge is -2.27. The van der Waals surface area contributed by atoms with E-state index < -0.39 is 17.8 Å². The molecule has 0 bridgehead atoms. The average Bonchev–Trinajstić information content (AvgIpc) is 2.91. The van der Waals surface area contributed by atoms with E-state index in [1.54, 1.807) is 43.3 Å². The summed E-state index contributed by atoms with van der Waals surface area (Å²) < 4.78 is 11.9. The molecule has 4 amide bonds. The highest BCUT2D eigenvalue weighted by molar-refractivity contribution is 6.39. The van der Waals surface area contributed by atoms with E-state index in [0.29, 0.717) is 36.0 Å². The van der Waals surface area contributed by atoms with Gasteiger partial charge in [-0.15, -0.1) is 0 Å². The van der Waals surface area contributed by atoms with E-state index >= 15 is 0 Å². The summed E-state index contributed by atoms with van der Waals surface area (Å²) in [6.07, 6.45) is 1.45. The van der Waals surface area contributed by atoms with Gasteiger partial charge in [-0.1, -0.05) is 66.7 Å². The van der Waals surface area contributed by atoms with E-state index in [4.69, 9.17) is 9.47 Å². The first-order chi connectivity index (χ1) is 18.5. The van der Waals surface area contributed by atoms with Crippen molar-refractivity contribution in [1.82, 2.24) is 5.32 Å². The third-order valence-corrected chi connectivity index (χ3v) is 6.30. The van der Waals surface area contributed by atoms with Crippen LogP contribution in [0.5, 0.6) is 11.5 Å². The smallest absolute Gasteiger partial charge is 0.335 e. The highest BCUT2D eigenvalue weighted by Gasteiger charge is 2.37. The molecule has 7 heteroatoms. The molecule has 0 aromatic heterocycles. The van der Waals surface area contributed by atoms with Gasteiger partial charge in [0.1, 0.15) is 12.2 Å². The van der Waals surface area contributed by atoms with E-state index in [1.165, 1.54) is 6.08 Å². The molecule has 5 rings (SSSR count). The molecule has 1 N–H and O–H groups in total. The van der Waals surface area contributed by atoms with Gasteiger partial charge in [0.15, 0.2) is 11.5 Å². The monoisotopic (exact) mass is 506 g/mol. The van der Waals surface area contributed by atoms with E-state index in [2.05, 4.69) is 23.5 Å². The molecule has 0 saturated carbocycles. The van der Waals surface area contributed by atoms with Crippen molar-refractivity contribution >= 4 is 40.4 Å². The number of nitrogens with zero attached hydrogens (tertiary/aromatic N) is 1. The first-order valence-electron chi connectivity index (χ1n) is 12.3. The van der Waals surface area contributed by atoms with Gasteiger partial charge in [-0.05, 0) is 65.6 Å². The van der Waals surface area contributed by atoms with Crippen molar-refractivity contribution in [3.05, 3.63) is 107 Å². The number of hydrogen-bond acceptors (Lipinski definition) is 5. The molecule has 7 nitrogen and oxygen atoms in total. The number of urea groups is 1.